The highest BCUT2D eigenvalue weighted by Crippen LogP contribution is 2.31. The number of hydrogen-bond donors (Lipinski definition) is 0. The Morgan fingerprint density at radius 1 is 1.33 bits per heavy atom. The number of halogens is 1. The van der Waals surface area contributed by atoms with E-state index in [0.717, 1.165) is 5.57 Å². The van der Waals surface area contributed by atoms with Crippen LogP contribution in [0.4, 0.5) is 5.69 Å². The molecule has 0 aromatic carbocycles. The molecule has 1 aliphatic heterocycles. The fourth-order valence-corrected chi connectivity index (χ4v) is 1.85. The van der Waals surface area contributed by atoms with Crippen LogP contribution in [0.1, 0.15) is 13.8 Å². The molecule has 78 valence electrons. The van der Waals surface area contributed by atoms with Gasteiger partial charge in [0.25, 0.3) is 5.91 Å². The molecule has 2 rings (SSSR count). The molecule has 0 saturated carbocycles. The summed E-state index contributed by atoms with van der Waals surface area (Å²) in [6, 6.07) is 0. The molecule has 1 aromatic rings. The van der Waals surface area contributed by atoms with Gasteiger partial charge < -0.3 is 0 Å². The van der Waals surface area contributed by atoms with Gasteiger partial charge in [-0.3, -0.25) is 9.69 Å². The summed E-state index contributed by atoms with van der Waals surface area (Å²) in [6.07, 6.45) is 4.57. The smallest absolute Gasteiger partial charge is 0.255 e. The number of amides is 1. The molecule has 15 heavy (non-hydrogen) atoms. The second kappa shape index (κ2) is 3.62. The molecule has 1 unspecified atom stereocenters. The molecule has 0 fully saturated rings. The molecule has 1 atom stereocenters. The summed E-state index contributed by atoms with van der Waals surface area (Å²) < 4.78 is 0. The lowest BCUT2D eigenvalue weighted by molar-refractivity contribution is -0.114. The van der Waals surface area contributed by atoms with Gasteiger partial charge in [-0.2, -0.15) is 0 Å². The highest BCUT2D eigenvalue weighted by Gasteiger charge is 2.34. The average Bonchev–Trinajstić information content (AvgIpc) is 2.45. The third kappa shape index (κ3) is 1.51. The maximum absolute atomic E-state index is 11.9. The third-order valence-electron chi connectivity index (χ3n) is 2.54. The van der Waals surface area contributed by atoms with Gasteiger partial charge in [0.05, 0.1) is 18.1 Å². The number of hydrogen-bond acceptors (Lipinski definition) is 3. The quantitative estimate of drug-likeness (QED) is 0.538. The van der Waals surface area contributed by atoms with Crippen molar-refractivity contribution in [1.82, 2.24) is 9.97 Å². The van der Waals surface area contributed by atoms with Gasteiger partial charge in [0.1, 0.15) is 11.8 Å². The van der Waals surface area contributed by atoms with Gasteiger partial charge >= 0.3 is 0 Å². The molecule has 4 nitrogen and oxygen atoms in total. The molecule has 0 N–H and O–H groups in total. The molecular weight excluding hydrogens is 214 g/mol. The van der Waals surface area contributed by atoms with Gasteiger partial charge in [0.2, 0.25) is 0 Å². The van der Waals surface area contributed by atoms with E-state index in [1.54, 1.807) is 19.3 Å². The number of aromatic nitrogens is 2. The van der Waals surface area contributed by atoms with E-state index in [2.05, 4.69) is 9.97 Å². The molecular formula is C10H10ClN3O. The van der Waals surface area contributed by atoms with Crippen LogP contribution in [-0.4, -0.2) is 21.4 Å². The van der Waals surface area contributed by atoms with Crippen molar-refractivity contribution in [2.75, 3.05) is 4.90 Å². The van der Waals surface area contributed by atoms with Crippen LogP contribution in [0.25, 0.3) is 0 Å². The van der Waals surface area contributed by atoms with Gasteiger partial charge in [-0.15, -0.1) is 0 Å². The Kier molecular flexibility index (Phi) is 2.44. The molecule has 5 heteroatoms. The lowest BCUT2D eigenvalue weighted by Gasteiger charge is -2.20. The Balaban J connectivity index is 2.39. The highest BCUT2D eigenvalue weighted by atomic mass is 35.5. The van der Waals surface area contributed by atoms with Crippen molar-refractivity contribution in [3.8, 4) is 0 Å². The number of rotatable bonds is 1. The molecule has 0 aliphatic carbocycles. The average molecular weight is 224 g/mol. The second-order valence-electron chi connectivity index (χ2n) is 3.42. The zero-order valence-electron chi connectivity index (χ0n) is 8.44. The first-order chi connectivity index (χ1) is 7.13. The first kappa shape index (κ1) is 10.1. The van der Waals surface area contributed by atoms with Crippen molar-refractivity contribution in [3.63, 3.8) is 0 Å². The Morgan fingerprint density at radius 3 is 2.40 bits per heavy atom. The summed E-state index contributed by atoms with van der Waals surface area (Å²) in [7, 11) is 0. The van der Waals surface area contributed by atoms with Gasteiger partial charge in [0, 0.05) is 5.57 Å². The molecule has 1 aliphatic rings. The fraction of sp³-hybridized carbons (Fsp3) is 0.300. The Hall–Kier alpha value is -1.42. The van der Waals surface area contributed by atoms with E-state index in [0.29, 0.717) is 11.3 Å². The highest BCUT2D eigenvalue weighted by molar-refractivity contribution is 6.30. The van der Waals surface area contributed by atoms with E-state index >= 15 is 0 Å². The van der Waals surface area contributed by atoms with Crippen molar-refractivity contribution in [3.05, 3.63) is 29.9 Å². The minimum atomic E-state index is -0.427. The van der Waals surface area contributed by atoms with E-state index in [1.165, 1.54) is 11.2 Å². The molecule has 2 heterocycles. The predicted molar refractivity (Wildman–Crippen MR) is 57.5 cm³/mol. The van der Waals surface area contributed by atoms with Crippen LogP contribution < -0.4 is 4.90 Å². The first-order valence-electron chi connectivity index (χ1n) is 4.53. The Labute approximate surface area is 92.6 Å². The summed E-state index contributed by atoms with van der Waals surface area (Å²) in [5.41, 5.74) is 1.77. The number of carbonyl (C=O) groups is 1. The fourth-order valence-electron chi connectivity index (χ4n) is 1.49. The van der Waals surface area contributed by atoms with Crippen molar-refractivity contribution in [2.24, 2.45) is 0 Å². The molecule has 0 bridgehead atoms. The summed E-state index contributed by atoms with van der Waals surface area (Å²) in [6.45, 7) is 3.63. The van der Waals surface area contributed by atoms with E-state index in [9.17, 15) is 4.79 Å². The van der Waals surface area contributed by atoms with E-state index in [-0.39, 0.29) is 5.91 Å². The Bertz CT molecular complexity index is 430. The maximum atomic E-state index is 11.9. The summed E-state index contributed by atoms with van der Waals surface area (Å²) in [4.78, 5) is 21.1. The normalized spacial score (nSPS) is 21.4. The summed E-state index contributed by atoms with van der Waals surface area (Å²) >= 11 is 6.14. The van der Waals surface area contributed by atoms with Crippen LogP contribution in [0.3, 0.4) is 0 Å². The largest absolute Gasteiger partial charge is 0.285 e. The summed E-state index contributed by atoms with van der Waals surface area (Å²) in [5, 5.41) is 0. The minimum absolute atomic E-state index is 0.0812. The lowest BCUT2D eigenvalue weighted by Crippen LogP contribution is -2.31. The molecule has 0 radical (unpaired) electrons. The van der Waals surface area contributed by atoms with Crippen molar-refractivity contribution in [1.29, 1.82) is 0 Å². The third-order valence-corrected chi connectivity index (χ3v) is 3.06. The van der Waals surface area contributed by atoms with Crippen LogP contribution in [0.5, 0.6) is 0 Å². The summed E-state index contributed by atoms with van der Waals surface area (Å²) in [5.74, 6) is -0.0812. The van der Waals surface area contributed by atoms with Gasteiger partial charge in [0.15, 0.2) is 0 Å². The van der Waals surface area contributed by atoms with Gasteiger partial charge in [-0.1, -0.05) is 11.6 Å². The SMILES string of the molecule is CC1=C(C)C(Cl)N(c2cncnc2)C1=O. The molecule has 1 amide bonds. The molecule has 1 aromatic heterocycles. The van der Waals surface area contributed by atoms with Crippen LogP contribution >= 0.6 is 11.6 Å². The lowest BCUT2D eigenvalue weighted by atomic mass is 10.2. The van der Waals surface area contributed by atoms with Crippen molar-refractivity contribution in [2.45, 2.75) is 19.3 Å². The van der Waals surface area contributed by atoms with Crippen LogP contribution in [0, 0.1) is 0 Å². The zero-order chi connectivity index (χ0) is 11.0. The number of alkyl halides is 1. The van der Waals surface area contributed by atoms with Crippen molar-refractivity contribution >= 4 is 23.2 Å². The number of anilines is 1. The maximum Gasteiger partial charge on any atom is 0.255 e. The Morgan fingerprint density at radius 2 is 1.93 bits per heavy atom. The number of carbonyl (C=O) groups excluding carboxylic acids is 1. The van der Waals surface area contributed by atoms with Gasteiger partial charge in [-0.05, 0) is 19.4 Å². The minimum Gasteiger partial charge on any atom is -0.285 e. The second-order valence-corrected chi connectivity index (χ2v) is 3.83. The first-order valence-corrected chi connectivity index (χ1v) is 4.96. The van der Waals surface area contributed by atoms with Crippen molar-refractivity contribution < 1.29 is 4.79 Å². The van der Waals surface area contributed by atoms with Crippen LogP contribution in [0.2, 0.25) is 0 Å². The van der Waals surface area contributed by atoms with E-state index in [1.807, 2.05) is 6.92 Å². The monoisotopic (exact) mass is 223 g/mol. The van der Waals surface area contributed by atoms with Gasteiger partial charge in [-0.25, -0.2) is 9.97 Å². The van der Waals surface area contributed by atoms with Crippen LogP contribution in [0.15, 0.2) is 29.9 Å². The molecule has 0 spiro atoms. The van der Waals surface area contributed by atoms with E-state index in [4.69, 9.17) is 11.6 Å². The predicted octanol–water partition coefficient (Wildman–Crippen LogP) is 1.72. The molecule has 0 saturated heterocycles. The van der Waals surface area contributed by atoms with E-state index < -0.39 is 5.50 Å². The van der Waals surface area contributed by atoms with Crippen LogP contribution in [-0.2, 0) is 4.79 Å². The zero-order valence-corrected chi connectivity index (χ0v) is 9.19. The topological polar surface area (TPSA) is 46.1 Å². The number of nitrogens with zero attached hydrogens (tertiary/aromatic N) is 3. The standard InChI is InChI=1S/C10H10ClN3O/c1-6-7(2)10(15)14(9(6)11)8-3-12-5-13-4-8/h3-5,9H,1-2H3.